The minimum atomic E-state index is -1.13. The van der Waals surface area contributed by atoms with Gasteiger partial charge in [-0.1, -0.05) is 0 Å². The molecule has 1 aromatic carbocycles. The Hall–Kier alpha value is -1.91. The summed E-state index contributed by atoms with van der Waals surface area (Å²) >= 11 is 0. The van der Waals surface area contributed by atoms with Crippen LogP contribution in [0.1, 0.15) is 25.8 Å². The number of hydrogen-bond donors (Lipinski definition) is 2. The maximum atomic E-state index is 13.0. The molecule has 0 aliphatic carbocycles. The predicted octanol–water partition coefficient (Wildman–Crippen LogP) is 2.57. The fraction of sp³-hybridized carbons (Fsp3) is 0.385. The number of nitrogens with one attached hydrogen (secondary N) is 1. The molecule has 0 fully saturated rings. The molecule has 0 aliphatic heterocycles. The number of aryl methyl sites for hydroxylation is 1. The second kappa shape index (κ2) is 5.16. The minimum Gasteiger partial charge on any atom is -0.481 e. The second-order valence-electron chi connectivity index (χ2n) is 4.88. The number of carbonyl (C=O) groups excluding carboxylic acids is 1. The highest BCUT2D eigenvalue weighted by molar-refractivity contribution is 5.94. The van der Waals surface area contributed by atoms with Crippen molar-refractivity contribution < 1.29 is 19.1 Å². The van der Waals surface area contributed by atoms with Crippen molar-refractivity contribution in [3.8, 4) is 0 Å². The molecule has 0 unspecified atom stereocenters. The monoisotopic (exact) mass is 253 g/mol. The van der Waals surface area contributed by atoms with Crippen molar-refractivity contribution in [2.45, 2.75) is 27.2 Å². The number of benzene rings is 1. The van der Waals surface area contributed by atoms with Gasteiger partial charge < -0.3 is 10.4 Å². The summed E-state index contributed by atoms with van der Waals surface area (Å²) in [5.41, 5.74) is -0.246. The van der Waals surface area contributed by atoms with E-state index in [4.69, 9.17) is 5.11 Å². The van der Waals surface area contributed by atoms with Gasteiger partial charge in [0, 0.05) is 12.1 Å². The first-order chi connectivity index (χ1) is 8.22. The van der Waals surface area contributed by atoms with Crippen LogP contribution in [0.25, 0.3) is 0 Å². The van der Waals surface area contributed by atoms with Gasteiger partial charge in [0.25, 0.3) is 0 Å². The third-order valence-electron chi connectivity index (χ3n) is 2.62. The highest BCUT2D eigenvalue weighted by Gasteiger charge is 2.30. The van der Waals surface area contributed by atoms with E-state index in [1.54, 1.807) is 6.92 Å². The van der Waals surface area contributed by atoms with E-state index in [0.29, 0.717) is 11.3 Å². The van der Waals surface area contributed by atoms with Gasteiger partial charge in [-0.15, -0.1) is 0 Å². The molecule has 1 rings (SSSR count). The van der Waals surface area contributed by atoms with Crippen LogP contribution in [0, 0.1) is 18.2 Å². The number of amides is 1. The molecule has 0 saturated heterocycles. The maximum absolute atomic E-state index is 13.0. The quantitative estimate of drug-likeness (QED) is 0.866. The number of carboxylic acid groups (broad SMARTS) is 1. The summed E-state index contributed by atoms with van der Waals surface area (Å²) < 4.78 is 13.0. The van der Waals surface area contributed by atoms with E-state index in [2.05, 4.69) is 5.32 Å². The lowest BCUT2D eigenvalue weighted by atomic mass is 9.89. The van der Waals surface area contributed by atoms with Crippen molar-refractivity contribution in [1.29, 1.82) is 0 Å². The van der Waals surface area contributed by atoms with E-state index in [-0.39, 0.29) is 12.2 Å². The Balaban J connectivity index is 2.71. The number of anilines is 1. The number of carboxylic acids is 1. The predicted molar refractivity (Wildman–Crippen MR) is 65.8 cm³/mol. The molecule has 0 aromatic heterocycles. The van der Waals surface area contributed by atoms with Crippen LogP contribution in [-0.4, -0.2) is 17.0 Å². The number of rotatable bonds is 4. The molecular weight excluding hydrogens is 237 g/mol. The van der Waals surface area contributed by atoms with Gasteiger partial charge in [-0.3, -0.25) is 9.59 Å². The highest BCUT2D eigenvalue weighted by Crippen LogP contribution is 2.22. The zero-order valence-corrected chi connectivity index (χ0v) is 10.6. The smallest absolute Gasteiger partial charge is 0.309 e. The Bertz CT molecular complexity index is 483. The van der Waals surface area contributed by atoms with E-state index in [1.807, 2.05) is 0 Å². The van der Waals surface area contributed by atoms with Crippen molar-refractivity contribution >= 4 is 17.6 Å². The van der Waals surface area contributed by atoms with E-state index in [9.17, 15) is 14.0 Å². The Morgan fingerprint density at radius 1 is 1.39 bits per heavy atom. The van der Waals surface area contributed by atoms with Gasteiger partial charge >= 0.3 is 5.97 Å². The summed E-state index contributed by atoms with van der Waals surface area (Å²) in [6, 6.07) is 4.20. The summed E-state index contributed by atoms with van der Waals surface area (Å²) in [7, 11) is 0. The summed E-state index contributed by atoms with van der Waals surface area (Å²) in [4.78, 5) is 22.5. The van der Waals surface area contributed by atoms with Crippen molar-refractivity contribution in [3.05, 3.63) is 29.6 Å². The molecule has 1 amide bonds. The standard InChI is InChI=1S/C13H16FNO3/c1-8-6-9(4-5-10(8)14)15-11(16)7-13(2,3)12(17)18/h4-6H,7H2,1-3H3,(H,15,16)(H,17,18). The molecule has 98 valence electrons. The summed E-state index contributed by atoms with van der Waals surface area (Å²) in [6.45, 7) is 4.54. The molecule has 4 nitrogen and oxygen atoms in total. The number of hydrogen-bond acceptors (Lipinski definition) is 2. The molecule has 0 saturated carbocycles. The van der Waals surface area contributed by atoms with Crippen LogP contribution < -0.4 is 5.32 Å². The fourth-order valence-electron chi connectivity index (χ4n) is 1.40. The fourth-order valence-corrected chi connectivity index (χ4v) is 1.40. The molecule has 5 heteroatoms. The first-order valence-electron chi connectivity index (χ1n) is 5.52. The first-order valence-corrected chi connectivity index (χ1v) is 5.52. The zero-order valence-electron chi connectivity index (χ0n) is 10.6. The number of aliphatic carboxylic acids is 1. The molecular formula is C13H16FNO3. The largest absolute Gasteiger partial charge is 0.481 e. The summed E-state index contributed by atoms with van der Waals surface area (Å²) in [6.07, 6.45) is -0.140. The highest BCUT2D eigenvalue weighted by atomic mass is 19.1. The molecule has 0 aliphatic rings. The van der Waals surface area contributed by atoms with Crippen molar-refractivity contribution in [3.63, 3.8) is 0 Å². The van der Waals surface area contributed by atoms with E-state index >= 15 is 0 Å². The SMILES string of the molecule is Cc1cc(NC(=O)CC(C)(C)C(=O)O)ccc1F. The Labute approximate surface area is 105 Å². The summed E-state index contributed by atoms with van der Waals surface area (Å²) in [5.74, 6) is -1.79. The van der Waals surface area contributed by atoms with Crippen LogP contribution in [0.4, 0.5) is 10.1 Å². The third kappa shape index (κ3) is 3.55. The Morgan fingerprint density at radius 2 is 2.00 bits per heavy atom. The number of halogens is 1. The Kier molecular flexibility index (Phi) is 4.06. The molecule has 0 bridgehead atoms. The average molecular weight is 253 g/mol. The van der Waals surface area contributed by atoms with Crippen molar-refractivity contribution in [2.24, 2.45) is 5.41 Å². The van der Waals surface area contributed by atoms with Gasteiger partial charge in [-0.05, 0) is 44.5 Å². The molecule has 0 heterocycles. The first kappa shape index (κ1) is 14.2. The Morgan fingerprint density at radius 3 is 2.50 bits per heavy atom. The van der Waals surface area contributed by atoms with E-state index in [0.717, 1.165) is 0 Å². The van der Waals surface area contributed by atoms with Crippen LogP contribution in [0.5, 0.6) is 0 Å². The zero-order chi connectivity index (χ0) is 13.9. The lowest BCUT2D eigenvalue weighted by molar-refractivity contribution is -0.148. The molecule has 2 N–H and O–H groups in total. The van der Waals surface area contributed by atoms with E-state index in [1.165, 1.54) is 32.0 Å². The van der Waals surface area contributed by atoms with Crippen LogP contribution >= 0.6 is 0 Å². The van der Waals surface area contributed by atoms with E-state index < -0.39 is 17.3 Å². The van der Waals surface area contributed by atoms with Crippen LogP contribution in [0.15, 0.2) is 18.2 Å². The molecule has 0 atom stereocenters. The maximum Gasteiger partial charge on any atom is 0.309 e. The molecule has 0 radical (unpaired) electrons. The second-order valence-corrected chi connectivity index (χ2v) is 4.88. The van der Waals surface area contributed by atoms with Crippen LogP contribution in [0.3, 0.4) is 0 Å². The molecule has 0 spiro atoms. The van der Waals surface area contributed by atoms with Gasteiger partial charge in [0.2, 0.25) is 5.91 Å². The minimum absolute atomic E-state index is 0.140. The van der Waals surface area contributed by atoms with Gasteiger partial charge in [0.15, 0.2) is 0 Å². The topological polar surface area (TPSA) is 66.4 Å². The van der Waals surface area contributed by atoms with Crippen molar-refractivity contribution in [2.75, 3.05) is 5.32 Å². The lowest BCUT2D eigenvalue weighted by Gasteiger charge is -2.18. The summed E-state index contributed by atoms with van der Waals surface area (Å²) in [5, 5.41) is 11.5. The lowest BCUT2D eigenvalue weighted by Crippen LogP contribution is -2.29. The molecule has 18 heavy (non-hydrogen) atoms. The third-order valence-corrected chi connectivity index (χ3v) is 2.62. The van der Waals surface area contributed by atoms with Crippen LogP contribution in [0.2, 0.25) is 0 Å². The number of carbonyl (C=O) groups is 2. The molecule has 1 aromatic rings. The average Bonchev–Trinajstić information content (AvgIpc) is 2.22. The van der Waals surface area contributed by atoms with Crippen molar-refractivity contribution in [1.82, 2.24) is 0 Å². The van der Waals surface area contributed by atoms with Gasteiger partial charge in [-0.2, -0.15) is 0 Å². The normalized spacial score (nSPS) is 11.1. The van der Waals surface area contributed by atoms with Gasteiger partial charge in [0.1, 0.15) is 5.82 Å². The van der Waals surface area contributed by atoms with Gasteiger partial charge in [0.05, 0.1) is 5.41 Å². The van der Waals surface area contributed by atoms with Crippen LogP contribution in [-0.2, 0) is 9.59 Å². The van der Waals surface area contributed by atoms with Gasteiger partial charge in [-0.25, -0.2) is 4.39 Å².